The molecule has 1 aromatic rings. The lowest BCUT2D eigenvalue weighted by molar-refractivity contribution is -0.125. The van der Waals surface area contributed by atoms with Crippen LogP contribution in [0.2, 0.25) is 0 Å². The molecule has 2 amide bonds. The summed E-state index contributed by atoms with van der Waals surface area (Å²) in [6.45, 7) is 5.80. The molecule has 3 N–H and O–H groups in total. The van der Waals surface area contributed by atoms with Crippen molar-refractivity contribution in [2.45, 2.75) is 45.7 Å². The number of nitrogens with two attached hydrogens (primary N) is 1. The van der Waals surface area contributed by atoms with Gasteiger partial charge in [-0.05, 0) is 43.9 Å². The van der Waals surface area contributed by atoms with Crippen LogP contribution in [0.15, 0.2) is 24.3 Å². The second-order valence-electron chi connectivity index (χ2n) is 6.42. The van der Waals surface area contributed by atoms with Gasteiger partial charge in [0.25, 0.3) is 5.91 Å². The van der Waals surface area contributed by atoms with Crippen LogP contribution in [0.1, 0.15) is 49.0 Å². The highest BCUT2D eigenvalue weighted by Gasteiger charge is 2.18. The second kappa shape index (κ2) is 8.11. The fourth-order valence-corrected chi connectivity index (χ4v) is 2.63. The number of piperidine rings is 1. The summed E-state index contributed by atoms with van der Waals surface area (Å²) < 4.78 is 0. The molecule has 0 spiro atoms. The van der Waals surface area contributed by atoms with Crippen LogP contribution in [0.25, 0.3) is 0 Å². The highest BCUT2D eigenvalue weighted by atomic mass is 16.2. The molecule has 1 aromatic carbocycles. The first-order chi connectivity index (χ1) is 11.0. The van der Waals surface area contributed by atoms with Crippen molar-refractivity contribution >= 4 is 11.8 Å². The van der Waals surface area contributed by atoms with Crippen LogP contribution in [-0.4, -0.2) is 35.8 Å². The van der Waals surface area contributed by atoms with Gasteiger partial charge in [0.2, 0.25) is 5.91 Å². The molecule has 1 aliphatic rings. The van der Waals surface area contributed by atoms with Gasteiger partial charge < -0.3 is 16.0 Å². The van der Waals surface area contributed by atoms with Gasteiger partial charge in [0.15, 0.2) is 0 Å². The fraction of sp³-hybridized carbons (Fsp3) is 0.556. The number of hydrogen-bond donors (Lipinski definition) is 2. The summed E-state index contributed by atoms with van der Waals surface area (Å²) in [5, 5.41) is 2.88. The van der Waals surface area contributed by atoms with Crippen molar-refractivity contribution in [1.29, 1.82) is 0 Å². The first-order valence-corrected chi connectivity index (χ1v) is 8.40. The lowest BCUT2D eigenvalue weighted by Gasteiger charge is -2.26. The van der Waals surface area contributed by atoms with E-state index in [0.29, 0.717) is 12.1 Å². The van der Waals surface area contributed by atoms with Crippen LogP contribution in [-0.2, 0) is 11.3 Å². The minimum Gasteiger partial charge on any atom is -0.352 e. The molecule has 0 aliphatic carbocycles. The average molecular weight is 317 g/mol. The molecule has 1 saturated heterocycles. The zero-order valence-corrected chi connectivity index (χ0v) is 14.0. The molecule has 1 aliphatic heterocycles. The van der Waals surface area contributed by atoms with E-state index in [1.165, 1.54) is 6.42 Å². The van der Waals surface area contributed by atoms with Crippen molar-refractivity contribution < 1.29 is 9.59 Å². The summed E-state index contributed by atoms with van der Waals surface area (Å²) in [6, 6.07) is 7.31. The molecule has 0 radical (unpaired) electrons. The third kappa shape index (κ3) is 4.79. The van der Waals surface area contributed by atoms with Gasteiger partial charge in [-0.25, -0.2) is 0 Å². The molecule has 1 fully saturated rings. The van der Waals surface area contributed by atoms with Crippen LogP contribution in [0.4, 0.5) is 0 Å². The van der Waals surface area contributed by atoms with E-state index in [2.05, 4.69) is 5.32 Å². The molecule has 2 rings (SSSR count). The van der Waals surface area contributed by atoms with E-state index < -0.39 is 0 Å². The van der Waals surface area contributed by atoms with Gasteiger partial charge in [-0.3, -0.25) is 9.59 Å². The maximum Gasteiger partial charge on any atom is 0.253 e. The molecule has 5 nitrogen and oxygen atoms in total. The van der Waals surface area contributed by atoms with E-state index in [1.54, 1.807) is 0 Å². The van der Waals surface area contributed by atoms with Crippen LogP contribution in [0, 0.1) is 5.92 Å². The molecular weight excluding hydrogens is 290 g/mol. The second-order valence-corrected chi connectivity index (χ2v) is 6.42. The monoisotopic (exact) mass is 317 g/mol. The van der Waals surface area contributed by atoms with Crippen molar-refractivity contribution in [2.24, 2.45) is 11.7 Å². The van der Waals surface area contributed by atoms with Crippen LogP contribution < -0.4 is 11.1 Å². The number of nitrogens with one attached hydrogen (secondary N) is 1. The number of benzene rings is 1. The van der Waals surface area contributed by atoms with Gasteiger partial charge in [-0.1, -0.05) is 19.1 Å². The van der Waals surface area contributed by atoms with E-state index in [0.717, 1.165) is 31.5 Å². The Morgan fingerprint density at radius 3 is 2.30 bits per heavy atom. The van der Waals surface area contributed by atoms with E-state index in [1.807, 2.05) is 43.0 Å². The maximum absolute atomic E-state index is 12.4. The Kier molecular flexibility index (Phi) is 6.16. The highest BCUT2D eigenvalue weighted by Crippen LogP contribution is 2.14. The van der Waals surface area contributed by atoms with Gasteiger partial charge in [0.1, 0.15) is 0 Å². The van der Waals surface area contributed by atoms with Gasteiger partial charge >= 0.3 is 0 Å². The Morgan fingerprint density at radius 1 is 1.13 bits per heavy atom. The fourth-order valence-electron chi connectivity index (χ4n) is 2.63. The number of rotatable bonds is 5. The minimum absolute atomic E-state index is 0.0477. The molecule has 0 bridgehead atoms. The Morgan fingerprint density at radius 2 is 1.74 bits per heavy atom. The summed E-state index contributed by atoms with van der Waals surface area (Å²) in [5.41, 5.74) is 7.42. The summed E-state index contributed by atoms with van der Waals surface area (Å²) in [7, 11) is 0. The number of carbonyl (C=O) groups excluding carboxylic acids is 2. The first-order valence-electron chi connectivity index (χ1n) is 8.40. The average Bonchev–Trinajstić information content (AvgIpc) is 2.59. The Labute approximate surface area is 138 Å². The standard InChI is InChI=1S/C18H27N3O2/c1-13(14(2)19)17(22)20-12-15-6-8-16(9-7-15)18(23)21-10-4-3-5-11-21/h6-9,13-14H,3-5,10-12,19H2,1-2H3,(H,20,22). The van der Waals surface area contributed by atoms with E-state index in [9.17, 15) is 9.59 Å². The summed E-state index contributed by atoms with van der Waals surface area (Å²) in [4.78, 5) is 26.2. The summed E-state index contributed by atoms with van der Waals surface area (Å²) in [5.74, 6) is -0.158. The van der Waals surface area contributed by atoms with Gasteiger partial charge in [0.05, 0.1) is 0 Å². The number of hydrogen-bond acceptors (Lipinski definition) is 3. The van der Waals surface area contributed by atoms with Crippen molar-refractivity contribution in [3.8, 4) is 0 Å². The number of nitrogens with zero attached hydrogens (tertiary/aromatic N) is 1. The Balaban J connectivity index is 1.89. The van der Waals surface area contributed by atoms with Crippen LogP contribution in [0.5, 0.6) is 0 Å². The number of amides is 2. The van der Waals surface area contributed by atoms with Gasteiger partial charge in [-0.15, -0.1) is 0 Å². The van der Waals surface area contributed by atoms with Crippen molar-refractivity contribution in [3.05, 3.63) is 35.4 Å². The largest absolute Gasteiger partial charge is 0.352 e. The first kappa shape index (κ1) is 17.5. The van der Waals surface area contributed by atoms with Crippen molar-refractivity contribution in [1.82, 2.24) is 10.2 Å². The van der Waals surface area contributed by atoms with E-state index in [-0.39, 0.29) is 23.8 Å². The van der Waals surface area contributed by atoms with Gasteiger partial charge in [-0.2, -0.15) is 0 Å². The lowest BCUT2D eigenvalue weighted by atomic mass is 10.0. The normalized spacial score (nSPS) is 17.4. The summed E-state index contributed by atoms with van der Waals surface area (Å²) in [6.07, 6.45) is 3.39. The zero-order valence-electron chi connectivity index (χ0n) is 14.0. The molecular formula is C18H27N3O2. The van der Waals surface area contributed by atoms with Crippen LogP contribution in [0.3, 0.4) is 0 Å². The molecule has 0 aromatic heterocycles. The SMILES string of the molecule is CC(N)C(C)C(=O)NCc1ccc(C(=O)N2CCCCC2)cc1. The summed E-state index contributed by atoms with van der Waals surface area (Å²) >= 11 is 0. The highest BCUT2D eigenvalue weighted by molar-refractivity contribution is 5.94. The molecule has 2 atom stereocenters. The van der Waals surface area contributed by atoms with E-state index >= 15 is 0 Å². The maximum atomic E-state index is 12.4. The molecule has 0 saturated carbocycles. The zero-order chi connectivity index (χ0) is 16.8. The molecule has 23 heavy (non-hydrogen) atoms. The number of likely N-dealkylation sites (tertiary alicyclic amines) is 1. The minimum atomic E-state index is -0.213. The third-order valence-electron chi connectivity index (χ3n) is 4.51. The van der Waals surface area contributed by atoms with Crippen molar-refractivity contribution in [2.75, 3.05) is 13.1 Å². The molecule has 5 heteroatoms. The topological polar surface area (TPSA) is 75.4 Å². The molecule has 2 unspecified atom stereocenters. The van der Waals surface area contributed by atoms with Gasteiger partial charge in [0, 0.05) is 37.2 Å². The third-order valence-corrected chi connectivity index (χ3v) is 4.51. The molecule has 126 valence electrons. The van der Waals surface area contributed by atoms with E-state index in [4.69, 9.17) is 5.73 Å². The Hall–Kier alpha value is -1.88. The Bertz CT molecular complexity index is 534. The molecule has 1 heterocycles. The van der Waals surface area contributed by atoms with Crippen LogP contribution >= 0.6 is 0 Å². The quantitative estimate of drug-likeness (QED) is 0.871. The predicted octanol–water partition coefficient (Wildman–Crippen LogP) is 1.91. The predicted molar refractivity (Wildman–Crippen MR) is 90.9 cm³/mol. The van der Waals surface area contributed by atoms with Crippen molar-refractivity contribution in [3.63, 3.8) is 0 Å². The lowest BCUT2D eigenvalue weighted by Crippen LogP contribution is -2.38. The number of carbonyl (C=O) groups is 2. The smallest absolute Gasteiger partial charge is 0.253 e.